The molecule has 3 rings (SSSR count). The number of aromatic amines is 1. The standard InChI is InChI=1S/C10H12N4S2/c11-14-9(12-13-10(14)15)7-2-1-3-8-6(7)4-5-16-8/h4-5,7H,1-3,11H2,(H,13,15). The number of nitrogens with two attached hydrogens (primary N) is 1. The highest BCUT2D eigenvalue weighted by Gasteiger charge is 2.26. The van der Waals surface area contributed by atoms with Crippen molar-refractivity contribution in [1.29, 1.82) is 0 Å². The van der Waals surface area contributed by atoms with Crippen molar-refractivity contribution < 1.29 is 0 Å². The summed E-state index contributed by atoms with van der Waals surface area (Å²) in [4.78, 5) is 1.46. The predicted octanol–water partition coefficient (Wildman–Crippen LogP) is 2.18. The number of thiophene rings is 1. The Morgan fingerprint density at radius 1 is 1.62 bits per heavy atom. The number of fused-ring (bicyclic) bond motifs is 1. The molecule has 1 aliphatic rings. The van der Waals surface area contributed by atoms with E-state index in [0.29, 0.717) is 10.7 Å². The monoisotopic (exact) mass is 252 g/mol. The van der Waals surface area contributed by atoms with Crippen LogP contribution < -0.4 is 5.84 Å². The third-order valence-electron chi connectivity index (χ3n) is 3.10. The zero-order valence-corrected chi connectivity index (χ0v) is 10.3. The van der Waals surface area contributed by atoms with Gasteiger partial charge in [0.15, 0.2) is 5.82 Å². The quantitative estimate of drug-likeness (QED) is 0.604. The van der Waals surface area contributed by atoms with Gasteiger partial charge >= 0.3 is 0 Å². The highest BCUT2D eigenvalue weighted by molar-refractivity contribution is 7.71. The molecule has 0 fully saturated rings. The van der Waals surface area contributed by atoms with Gasteiger partial charge in [-0.05, 0) is 48.5 Å². The van der Waals surface area contributed by atoms with Gasteiger partial charge in [0, 0.05) is 10.8 Å². The maximum Gasteiger partial charge on any atom is 0.214 e. The van der Waals surface area contributed by atoms with Gasteiger partial charge in [0.25, 0.3) is 0 Å². The molecule has 3 N–H and O–H groups in total. The Morgan fingerprint density at radius 3 is 3.25 bits per heavy atom. The second kappa shape index (κ2) is 3.71. The van der Waals surface area contributed by atoms with Crippen molar-refractivity contribution >= 4 is 23.6 Å². The molecule has 0 radical (unpaired) electrons. The van der Waals surface area contributed by atoms with E-state index in [1.54, 1.807) is 0 Å². The van der Waals surface area contributed by atoms with Crippen LogP contribution in [-0.2, 0) is 6.42 Å². The van der Waals surface area contributed by atoms with Gasteiger partial charge < -0.3 is 5.84 Å². The number of hydrogen-bond acceptors (Lipinski definition) is 4. The lowest BCUT2D eigenvalue weighted by molar-refractivity contribution is 0.584. The van der Waals surface area contributed by atoms with Crippen LogP contribution in [0.2, 0.25) is 0 Å². The molecule has 0 saturated carbocycles. The molecule has 0 bridgehead atoms. The molecule has 16 heavy (non-hydrogen) atoms. The molecule has 1 aliphatic carbocycles. The van der Waals surface area contributed by atoms with E-state index in [0.717, 1.165) is 12.2 Å². The highest BCUT2D eigenvalue weighted by Crippen LogP contribution is 2.37. The van der Waals surface area contributed by atoms with E-state index in [1.807, 2.05) is 11.3 Å². The van der Waals surface area contributed by atoms with E-state index in [4.69, 9.17) is 18.1 Å². The summed E-state index contributed by atoms with van der Waals surface area (Å²) >= 11 is 6.87. The Morgan fingerprint density at radius 2 is 2.50 bits per heavy atom. The van der Waals surface area contributed by atoms with Crippen LogP contribution in [0.1, 0.15) is 35.0 Å². The number of nitrogens with one attached hydrogen (secondary N) is 1. The Hall–Kier alpha value is -1.14. The SMILES string of the molecule is Nn1c(C2CCCc3sccc32)n[nH]c1=S. The van der Waals surface area contributed by atoms with Gasteiger partial charge in [-0.3, -0.25) is 5.10 Å². The number of nitrogens with zero attached hydrogens (tertiary/aromatic N) is 2. The molecule has 0 amide bonds. The number of rotatable bonds is 1. The molecule has 1 atom stereocenters. The molecular weight excluding hydrogens is 240 g/mol. The second-order valence-electron chi connectivity index (χ2n) is 4.00. The number of nitrogen functional groups attached to an aromatic ring is 1. The fourth-order valence-electron chi connectivity index (χ4n) is 2.32. The lowest BCUT2D eigenvalue weighted by Gasteiger charge is -2.21. The maximum absolute atomic E-state index is 5.88. The molecule has 0 spiro atoms. The van der Waals surface area contributed by atoms with E-state index in [9.17, 15) is 0 Å². The topological polar surface area (TPSA) is 59.6 Å². The van der Waals surface area contributed by atoms with Crippen molar-refractivity contribution in [3.8, 4) is 0 Å². The molecule has 0 saturated heterocycles. The van der Waals surface area contributed by atoms with E-state index in [1.165, 1.54) is 28.0 Å². The first-order valence-electron chi connectivity index (χ1n) is 5.26. The van der Waals surface area contributed by atoms with Crippen molar-refractivity contribution in [2.24, 2.45) is 0 Å². The Bertz CT molecular complexity index is 565. The van der Waals surface area contributed by atoms with Gasteiger partial charge in [-0.25, -0.2) is 4.68 Å². The van der Waals surface area contributed by atoms with Gasteiger partial charge in [0.1, 0.15) is 0 Å². The van der Waals surface area contributed by atoms with Crippen LogP contribution in [0, 0.1) is 4.77 Å². The zero-order chi connectivity index (χ0) is 11.1. The summed E-state index contributed by atoms with van der Waals surface area (Å²) in [6, 6.07) is 2.18. The molecule has 0 aliphatic heterocycles. The van der Waals surface area contributed by atoms with Crippen molar-refractivity contribution in [1.82, 2.24) is 14.9 Å². The minimum Gasteiger partial charge on any atom is -0.335 e. The van der Waals surface area contributed by atoms with Gasteiger partial charge in [-0.2, -0.15) is 5.10 Å². The molecule has 1 unspecified atom stereocenters. The first-order valence-corrected chi connectivity index (χ1v) is 6.55. The normalized spacial score (nSPS) is 19.6. The molecule has 2 heterocycles. The summed E-state index contributed by atoms with van der Waals surface area (Å²) in [7, 11) is 0. The van der Waals surface area contributed by atoms with Gasteiger partial charge in [-0.15, -0.1) is 11.3 Å². The number of hydrogen-bond donors (Lipinski definition) is 2. The minimum absolute atomic E-state index is 0.299. The lowest BCUT2D eigenvalue weighted by Crippen LogP contribution is -2.19. The summed E-state index contributed by atoms with van der Waals surface area (Å²) in [5.74, 6) is 7.03. The van der Waals surface area contributed by atoms with Crippen LogP contribution in [0.15, 0.2) is 11.4 Å². The van der Waals surface area contributed by atoms with E-state index in [2.05, 4.69) is 21.6 Å². The van der Waals surface area contributed by atoms with E-state index < -0.39 is 0 Å². The summed E-state index contributed by atoms with van der Waals surface area (Å²) in [5.41, 5.74) is 1.37. The smallest absolute Gasteiger partial charge is 0.214 e. The maximum atomic E-state index is 5.88. The van der Waals surface area contributed by atoms with Gasteiger partial charge in [0.05, 0.1) is 0 Å². The Kier molecular flexibility index (Phi) is 2.33. The first kappa shape index (κ1) is 10.0. The van der Waals surface area contributed by atoms with Crippen LogP contribution in [0.25, 0.3) is 0 Å². The fraction of sp³-hybridized carbons (Fsp3) is 0.400. The summed E-state index contributed by atoms with van der Waals surface area (Å²) in [5, 5.41) is 9.14. The molecule has 84 valence electrons. The van der Waals surface area contributed by atoms with Crippen molar-refractivity contribution in [2.45, 2.75) is 25.2 Å². The summed E-state index contributed by atoms with van der Waals surface area (Å²) in [6.07, 6.45) is 3.47. The summed E-state index contributed by atoms with van der Waals surface area (Å²) < 4.78 is 1.98. The largest absolute Gasteiger partial charge is 0.335 e. The molecule has 0 aromatic carbocycles. The molecular formula is C10H12N4S2. The third-order valence-corrected chi connectivity index (χ3v) is 4.38. The summed E-state index contributed by atoms with van der Waals surface area (Å²) in [6.45, 7) is 0. The molecule has 2 aromatic heterocycles. The number of aromatic nitrogens is 3. The second-order valence-corrected chi connectivity index (χ2v) is 5.39. The highest BCUT2D eigenvalue weighted by atomic mass is 32.1. The molecule has 4 nitrogen and oxygen atoms in total. The average molecular weight is 252 g/mol. The number of H-pyrrole nitrogens is 1. The van der Waals surface area contributed by atoms with E-state index >= 15 is 0 Å². The van der Waals surface area contributed by atoms with Crippen molar-refractivity contribution in [3.63, 3.8) is 0 Å². The third kappa shape index (κ3) is 1.41. The van der Waals surface area contributed by atoms with Crippen LogP contribution in [0.3, 0.4) is 0 Å². The van der Waals surface area contributed by atoms with Crippen LogP contribution in [0.4, 0.5) is 0 Å². The zero-order valence-electron chi connectivity index (χ0n) is 8.64. The minimum atomic E-state index is 0.299. The van der Waals surface area contributed by atoms with E-state index in [-0.39, 0.29) is 0 Å². The van der Waals surface area contributed by atoms with Crippen LogP contribution >= 0.6 is 23.6 Å². The average Bonchev–Trinajstić information content (AvgIpc) is 2.87. The van der Waals surface area contributed by atoms with Crippen LogP contribution in [0.5, 0.6) is 0 Å². The Balaban J connectivity index is 2.10. The van der Waals surface area contributed by atoms with Crippen LogP contribution in [-0.4, -0.2) is 14.9 Å². The molecule has 6 heteroatoms. The molecule has 2 aromatic rings. The Labute approximate surface area is 102 Å². The first-order chi connectivity index (χ1) is 7.77. The number of aryl methyl sites for hydroxylation is 1. The van der Waals surface area contributed by atoms with Gasteiger partial charge in [-0.1, -0.05) is 0 Å². The predicted molar refractivity (Wildman–Crippen MR) is 66.7 cm³/mol. The van der Waals surface area contributed by atoms with Gasteiger partial charge in [0.2, 0.25) is 4.77 Å². The fourth-order valence-corrected chi connectivity index (χ4v) is 3.44. The van der Waals surface area contributed by atoms with Crippen molar-refractivity contribution in [3.05, 3.63) is 32.5 Å². The van der Waals surface area contributed by atoms with Crippen molar-refractivity contribution in [2.75, 3.05) is 5.84 Å². The lowest BCUT2D eigenvalue weighted by atomic mass is 9.87.